The van der Waals surface area contributed by atoms with Crippen LogP contribution in [0.3, 0.4) is 0 Å². The van der Waals surface area contributed by atoms with E-state index in [0.717, 1.165) is 37.5 Å². The molecule has 1 saturated carbocycles. The van der Waals surface area contributed by atoms with Crippen molar-refractivity contribution in [3.8, 4) is 0 Å². The number of aromatic nitrogens is 3. The number of aryl methyl sites for hydroxylation is 1. The van der Waals surface area contributed by atoms with Gasteiger partial charge in [-0.1, -0.05) is 12.8 Å². The zero-order valence-corrected chi connectivity index (χ0v) is 15.1. The van der Waals surface area contributed by atoms with E-state index in [1.165, 1.54) is 12.8 Å². The molecule has 7 heteroatoms. The van der Waals surface area contributed by atoms with Gasteiger partial charge < -0.3 is 9.80 Å². The molecule has 2 amide bonds. The van der Waals surface area contributed by atoms with E-state index in [1.807, 2.05) is 16.7 Å². The third-order valence-electron chi connectivity index (χ3n) is 6.47. The molecule has 3 heterocycles. The van der Waals surface area contributed by atoms with Crippen LogP contribution in [0.2, 0.25) is 0 Å². The fraction of sp³-hybridized carbons (Fsp3) is 0.778. The van der Waals surface area contributed by atoms with E-state index in [9.17, 15) is 9.59 Å². The van der Waals surface area contributed by atoms with Crippen molar-refractivity contribution in [3.63, 3.8) is 0 Å². The summed E-state index contributed by atoms with van der Waals surface area (Å²) in [7, 11) is 0. The van der Waals surface area contributed by atoms with Crippen LogP contribution in [0.4, 0.5) is 0 Å². The van der Waals surface area contributed by atoms with Gasteiger partial charge in [-0.3, -0.25) is 14.7 Å². The SMILES string of the molecule is CC(=O)N1C[C@H]2CN(C(=O)C3CCCC3)CC[C@@]2(c2n[nH]c(C)n2)C1. The van der Waals surface area contributed by atoms with Crippen LogP contribution in [-0.4, -0.2) is 63.0 Å². The highest BCUT2D eigenvalue weighted by atomic mass is 16.2. The van der Waals surface area contributed by atoms with Gasteiger partial charge in [0.25, 0.3) is 0 Å². The number of rotatable bonds is 2. The number of H-pyrrole nitrogens is 1. The van der Waals surface area contributed by atoms with Crippen molar-refractivity contribution in [1.29, 1.82) is 0 Å². The van der Waals surface area contributed by atoms with Gasteiger partial charge in [0.05, 0.1) is 5.41 Å². The minimum atomic E-state index is -0.219. The molecule has 25 heavy (non-hydrogen) atoms. The Morgan fingerprint density at radius 1 is 1.20 bits per heavy atom. The number of likely N-dealkylation sites (tertiary alicyclic amines) is 2. The quantitative estimate of drug-likeness (QED) is 0.875. The first-order valence-electron chi connectivity index (χ1n) is 9.43. The maximum Gasteiger partial charge on any atom is 0.225 e. The molecule has 1 N–H and O–H groups in total. The van der Waals surface area contributed by atoms with Crippen molar-refractivity contribution in [2.24, 2.45) is 11.8 Å². The Bertz CT molecular complexity index is 681. The van der Waals surface area contributed by atoms with Gasteiger partial charge in [-0.05, 0) is 26.2 Å². The molecule has 3 fully saturated rings. The Labute approximate surface area is 148 Å². The summed E-state index contributed by atoms with van der Waals surface area (Å²) < 4.78 is 0. The van der Waals surface area contributed by atoms with Crippen LogP contribution in [-0.2, 0) is 15.0 Å². The molecule has 3 aliphatic rings. The van der Waals surface area contributed by atoms with E-state index in [2.05, 4.69) is 15.2 Å². The Hall–Kier alpha value is -1.92. The summed E-state index contributed by atoms with van der Waals surface area (Å²) in [6.45, 7) is 6.33. The molecule has 0 bridgehead atoms. The van der Waals surface area contributed by atoms with Crippen LogP contribution < -0.4 is 0 Å². The van der Waals surface area contributed by atoms with E-state index in [-0.39, 0.29) is 23.2 Å². The fourth-order valence-corrected chi connectivity index (χ4v) is 4.98. The predicted molar refractivity (Wildman–Crippen MR) is 91.7 cm³/mol. The van der Waals surface area contributed by atoms with Gasteiger partial charge >= 0.3 is 0 Å². The summed E-state index contributed by atoms with van der Waals surface area (Å²) >= 11 is 0. The first-order chi connectivity index (χ1) is 12.0. The number of hydrogen-bond acceptors (Lipinski definition) is 4. The van der Waals surface area contributed by atoms with Crippen LogP contribution in [0.15, 0.2) is 0 Å². The van der Waals surface area contributed by atoms with E-state index < -0.39 is 0 Å². The molecule has 2 saturated heterocycles. The maximum absolute atomic E-state index is 12.9. The fourth-order valence-electron chi connectivity index (χ4n) is 4.98. The summed E-state index contributed by atoms with van der Waals surface area (Å²) in [5, 5.41) is 7.39. The molecule has 1 aromatic heterocycles. The lowest BCUT2D eigenvalue weighted by Crippen LogP contribution is -2.52. The molecule has 4 rings (SSSR count). The molecule has 1 aliphatic carbocycles. The molecule has 136 valence electrons. The number of carbonyl (C=O) groups is 2. The van der Waals surface area contributed by atoms with E-state index in [4.69, 9.17) is 0 Å². The number of fused-ring (bicyclic) bond motifs is 1. The monoisotopic (exact) mass is 345 g/mol. The van der Waals surface area contributed by atoms with E-state index >= 15 is 0 Å². The number of aromatic amines is 1. The van der Waals surface area contributed by atoms with Crippen LogP contribution in [0.1, 0.15) is 50.7 Å². The van der Waals surface area contributed by atoms with Gasteiger partial charge in [0, 0.05) is 44.9 Å². The average Bonchev–Trinajstić information content (AvgIpc) is 3.32. The highest BCUT2D eigenvalue weighted by Crippen LogP contribution is 2.44. The lowest BCUT2D eigenvalue weighted by molar-refractivity contribution is -0.138. The second kappa shape index (κ2) is 6.11. The first kappa shape index (κ1) is 16.5. The van der Waals surface area contributed by atoms with E-state index in [1.54, 1.807) is 6.92 Å². The molecule has 0 radical (unpaired) electrons. The van der Waals surface area contributed by atoms with Crippen molar-refractivity contribution in [2.75, 3.05) is 26.2 Å². The number of carbonyl (C=O) groups excluding carboxylic acids is 2. The third kappa shape index (κ3) is 2.73. The Kier molecular flexibility index (Phi) is 4.04. The zero-order chi connectivity index (χ0) is 17.6. The van der Waals surface area contributed by atoms with Gasteiger partial charge in [0.2, 0.25) is 11.8 Å². The van der Waals surface area contributed by atoms with Crippen molar-refractivity contribution in [2.45, 2.75) is 51.4 Å². The zero-order valence-electron chi connectivity index (χ0n) is 15.1. The lowest BCUT2D eigenvalue weighted by Gasteiger charge is -2.42. The second-order valence-corrected chi connectivity index (χ2v) is 8.01. The standard InChI is InChI=1S/C18H27N5O2/c1-12-19-17(21-20-12)18-7-8-22(16(25)14-5-3-4-6-14)9-15(18)10-23(11-18)13(2)24/h14-15H,3-11H2,1-2H3,(H,19,20,21)/t15-,18-/m1/s1. The summed E-state index contributed by atoms with van der Waals surface area (Å²) in [5.41, 5.74) is -0.219. The summed E-state index contributed by atoms with van der Waals surface area (Å²) in [6, 6.07) is 0. The number of amides is 2. The molecule has 2 atom stereocenters. The van der Waals surface area contributed by atoms with Crippen LogP contribution >= 0.6 is 0 Å². The minimum Gasteiger partial charge on any atom is -0.342 e. The van der Waals surface area contributed by atoms with Crippen molar-refractivity contribution < 1.29 is 9.59 Å². The lowest BCUT2D eigenvalue weighted by atomic mass is 9.71. The summed E-state index contributed by atoms with van der Waals surface area (Å²) in [5.74, 6) is 2.45. The summed E-state index contributed by atoms with van der Waals surface area (Å²) in [4.78, 5) is 33.4. The first-order valence-corrected chi connectivity index (χ1v) is 9.43. The number of nitrogens with zero attached hydrogens (tertiary/aromatic N) is 4. The normalized spacial score (nSPS) is 29.9. The van der Waals surface area contributed by atoms with Crippen molar-refractivity contribution in [3.05, 3.63) is 11.6 Å². The predicted octanol–water partition coefficient (Wildman–Crippen LogP) is 1.25. The molecular weight excluding hydrogens is 318 g/mol. The third-order valence-corrected chi connectivity index (χ3v) is 6.47. The highest BCUT2D eigenvalue weighted by molar-refractivity contribution is 5.79. The second-order valence-electron chi connectivity index (χ2n) is 8.01. The molecule has 0 unspecified atom stereocenters. The smallest absolute Gasteiger partial charge is 0.225 e. The van der Waals surface area contributed by atoms with Crippen molar-refractivity contribution >= 4 is 11.8 Å². The molecular formula is C18H27N5O2. The largest absolute Gasteiger partial charge is 0.342 e. The van der Waals surface area contributed by atoms with E-state index in [0.29, 0.717) is 25.5 Å². The average molecular weight is 345 g/mol. The van der Waals surface area contributed by atoms with Gasteiger partial charge in [0.1, 0.15) is 5.82 Å². The molecule has 2 aliphatic heterocycles. The molecule has 1 aromatic rings. The van der Waals surface area contributed by atoms with Gasteiger partial charge in [-0.25, -0.2) is 4.98 Å². The highest BCUT2D eigenvalue weighted by Gasteiger charge is 2.54. The van der Waals surface area contributed by atoms with Gasteiger partial charge in [-0.2, -0.15) is 5.10 Å². The Balaban J connectivity index is 1.58. The summed E-state index contributed by atoms with van der Waals surface area (Å²) in [6.07, 6.45) is 5.24. The van der Waals surface area contributed by atoms with Gasteiger partial charge in [0.15, 0.2) is 5.82 Å². The van der Waals surface area contributed by atoms with Crippen LogP contribution in [0.5, 0.6) is 0 Å². The maximum atomic E-state index is 12.9. The number of piperidine rings is 1. The van der Waals surface area contributed by atoms with Crippen molar-refractivity contribution in [1.82, 2.24) is 25.0 Å². The van der Waals surface area contributed by atoms with Gasteiger partial charge in [-0.15, -0.1) is 0 Å². The minimum absolute atomic E-state index is 0.0923. The topological polar surface area (TPSA) is 82.2 Å². The molecule has 0 spiro atoms. The number of hydrogen-bond donors (Lipinski definition) is 1. The van der Waals surface area contributed by atoms with Crippen LogP contribution in [0, 0.1) is 18.8 Å². The van der Waals surface area contributed by atoms with Crippen LogP contribution in [0.25, 0.3) is 0 Å². The Morgan fingerprint density at radius 2 is 1.92 bits per heavy atom. The molecule has 0 aromatic carbocycles. The molecule has 7 nitrogen and oxygen atoms in total. The Morgan fingerprint density at radius 3 is 2.56 bits per heavy atom. The number of nitrogens with one attached hydrogen (secondary N) is 1.